The molecule has 0 heterocycles. The molecular formula is C14H22ClNO2. The van der Waals surface area contributed by atoms with Gasteiger partial charge in [0.1, 0.15) is 12.4 Å². The second-order valence-corrected chi connectivity index (χ2v) is 4.59. The van der Waals surface area contributed by atoms with Crippen LogP contribution < -0.4 is 10.5 Å². The van der Waals surface area contributed by atoms with Crippen molar-refractivity contribution in [2.75, 3.05) is 19.8 Å². The van der Waals surface area contributed by atoms with E-state index in [0.717, 1.165) is 18.4 Å². The van der Waals surface area contributed by atoms with Crippen molar-refractivity contribution in [2.24, 2.45) is 5.73 Å². The van der Waals surface area contributed by atoms with Gasteiger partial charge in [0.25, 0.3) is 0 Å². The van der Waals surface area contributed by atoms with Gasteiger partial charge in [-0.3, -0.25) is 0 Å². The van der Waals surface area contributed by atoms with Crippen molar-refractivity contribution >= 4 is 11.6 Å². The minimum Gasteiger partial charge on any atom is -0.490 e. The minimum atomic E-state index is 0.186. The van der Waals surface area contributed by atoms with Crippen LogP contribution in [0.3, 0.4) is 0 Å². The summed E-state index contributed by atoms with van der Waals surface area (Å²) in [5.74, 6) is 0.699. The molecule has 1 aromatic carbocycles. The molecule has 0 aromatic heterocycles. The van der Waals surface area contributed by atoms with E-state index in [4.69, 9.17) is 26.8 Å². The maximum absolute atomic E-state index is 6.16. The summed E-state index contributed by atoms with van der Waals surface area (Å²) in [6, 6.07) is 6.02. The van der Waals surface area contributed by atoms with Crippen LogP contribution in [-0.4, -0.2) is 25.9 Å². The van der Waals surface area contributed by atoms with E-state index in [1.807, 2.05) is 25.1 Å². The molecule has 0 amide bonds. The lowest BCUT2D eigenvalue weighted by molar-refractivity contribution is 0.110. The first-order chi connectivity index (χ1) is 8.67. The number of halogens is 1. The molecule has 0 aliphatic rings. The van der Waals surface area contributed by atoms with E-state index in [9.17, 15) is 0 Å². The Hall–Kier alpha value is -0.770. The first-order valence-electron chi connectivity index (χ1n) is 6.41. The van der Waals surface area contributed by atoms with Gasteiger partial charge in [0.2, 0.25) is 0 Å². The lowest BCUT2D eigenvalue weighted by atomic mass is 10.0. The van der Waals surface area contributed by atoms with E-state index >= 15 is 0 Å². The minimum absolute atomic E-state index is 0.186. The third-order valence-electron chi connectivity index (χ3n) is 2.71. The first kappa shape index (κ1) is 15.3. The fourth-order valence-corrected chi connectivity index (χ4v) is 1.85. The zero-order chi connectivity index (χ0) is 13.4. The Kier molecular flexibility index (Phi) is 7.09. The molecule has 0 saturated heterocycles. The molecule has 1 atom stereocenters. The Morgan fingerprint density at radius 2 is 2.06 bits per heavy atom. The third kappa shape index (κ3) is 5.25. The fraction of sp³-hybridized carbons (Fsp3) is 0.571. The van der Waals surface area contributed by atoms with Crippen molar-refractivity contribution in [3.8, 4) is 5.75 Å². The lowest BCUT2D eigenvalue weighted by Gasteiger charge is -2.12. The summed E-state index contributed by atoms with van der Waals surface area (Å²) in [5.41, 5.74) is 7.06. The van der Waals surface area contributed by atoms with Gasteiger partial charge in [-0.15, -0.1) is 0 Å². The predicted molar refractivity (Wildman–Crippen MR) is 75.4 cm³/mol. The average Bonchev–Trinajstić information content (AvgIpc) is 2.36. The van der Waals surface area contributed by atoms with E-state index in [2.05, 4.69) is 6.92 Å². The van der Waals surface area contributed by atoms with Crippen LogP contribution in [0.15, 0.2) is 18.2 Å². The van der Waals surface area contributed by atoms with Gasteiger partial charge in [0.15, 0.2) is 0 Å². The van der Waals surface area contributed by atoms with E-state index in [-0.39, 0.29) is 6.04 Å². The molecule has 4 heteroatoms. The number of hydrogen-bond acceptors (Lipinski definition) is 3. The van der Waals surface area contributed by atoms with Crippen LogP contribution in [0.5, 0.6) is 5.75 Å². The standard InChI is InChI=1S/C14H22ClNO2/c1-3-12(16)9-11-5-6-14(13(15)10-11)18-8-7-17-4-2/h5-6,10,12H,3-4,7-9,16H2,1-2H3. The third-order valence-corrected chi connectivity index (χ3v) is 3.00. The number of rotatable bonds is 8. The molecule has 0 saturated carbocycles. The van der Waals surface area contributed by atoms with Crippen LogP contribution in [0.1, 0.15) is 25.8 Å². The average molecular weight is 272 g/mol. The van der Waals surface area contributed by atoms with Crippen LogP contribution in [-0.2, 0) is 11.2 Å². The van der Waals surface area contributed by atoms with Crippen LogP contribution in [0.25, 0.3) is 0 Å². The highest BCUT2D eigenvalue weighted by Crippen LogP contribution is 2.26. The summed E-state index contributed by atoms with van der Waals surface area (Å²) in [7, 11) is 0. The van der Waals surface area contributed by atoms with Crippen molar-refractivity contribution < 1.29 is 9.47 Å². The highest BCUT2D eigenvalue weighted by Gasteiger charge is 2.06. The van der Waals surface area contributed by atoms with Crippen LogP contribution in [0, 0.1) is 0 Å². The second kappa shape index (κ2) is 8.35. The summed E-state index contributed by atoms with van der Waals surface area (Å²) in [6.07, 6.45) is 1.81. The number of ether oxygens (including phenoxy) is 2. The van der Waals surface area contributed by atoms with E-state index in [1.54, 1.807) is 0 Å². The molecule has 3 nitrogen and oxygen atoms in total. The molecule has 2 N–H and O–H groups in total. The number of benzene rings is 1. The quantitative estimate of drug-likeness (QED) is 0.739. The van der Waals surface area contributed by atoms with E-state index in [0.29, 0.717) is 30.6 Å². The van der Waals surface area contributed by atoms with Crippen LogP contribution in [0.4, 0.5) is 0 Å². The predicted octanol–water partition coefficient (Wildman–Crippen LogP) is 3.04. The molecule has 18 heavy (non-hydrogen) atoms. The second-order valence-electron chi connectivity index (χ2n) is 4.18. The van der Waals surface area contributed by atoms with Gasteiger partial charge in [0, 0.05) is 12.6 Å². The highest BCUT2D eigenvalue weighted by atomic mass is 35.5. The van der Waals surface area contributed by atoms with Crippen molar-refractivity contribution in [3.63, 3.8) is 0 Å². The smallest absolute Gasteiger partial charge is 0.138 e. The number of hydrogen-bond donors (Lipinski definition) is 1. The summed E-state index contributed by atoms with van der Waals surface area (Å²) < 4.78 is 10.7. The van der Waals surface area contributed by atoms with E-state index < -0.39 is 0 Å². The van der Waals surface area contributed by atoms with Crippen LogP contribution in [0.2, 0.25) is 5.02 Å². The molecule has 102 valence electrons. The van der Waals surface area contributed by atoms with Crippen LogP contribution >= 0.6 is 11.6 Å². The van der Waals surface area contributed by atoms with Gasteiger partial charge in [-0.05, 0) is 37.5 Å². The molecular weight excluding hydrogens is 250 g/mol. The maximum Gasteiger partial charge on any atom is 0.138 e. The monoisotopic (exact) mass is 271 g/mol. The molecule has 1 rings (SSSR count). The maximum atomic E-state index is 6.16. The molecule has 1 aromatic rings. The van der Waals surface area contributed by atoms with Gasteiger partial charge in [-0.1, -0.05) is 24.6 Å². The van der Waals surface area contributed by atoms with Gasteiger partial charge < -0.3 is 15.2 Å². The Labute approximate surface area is 114 Å². The van der Waals surface area contributed by atoms with Crippen molar-refractivity contribution in [1.29, 1.82) is 0 Å². The van der Waals surface area contributed by atoms with Gasteiger partial charge >= 0.3 is 0 Å². The van der Waals surface area contributed by atoms with Gasteiger partial charge in [-0.2, -0.15) is 0 Å². The topological polar surface area (TPSA) is 44.5 Å². The zero-order valence-electron chi connectivity index (χ0n) is 11.1. The zero-order valence-corrected chi connectivity index (χ0v) is 11.9. The van der Waals surface area contributed by atoms with Crippen molar-refractivity contribution in [1.82, 2.24) is 0 Å². The fourth-order valence-electron chi connectivity index (χ4n) is 1.59. The summed E-state index contributed by atoms with van der Waals surface area (Å²) >= 11 is 6.16. The SMILES string of the molecule is CCOCCOc1ccc(CC(N)CC)cc1Cl. The lowest BCUT2D eigenvalue weighted by Crippen LogP contribution is -2.21. The summed E-state index contributed by atoms with van der Waals surface area (Å²) in [6.45, 7) is 5.83. The normalized spacial score (nSPS) is 12.4. The molecule has 0 radical (unpaired) electrons. The molecule has 0 aliphatic heterocycles. The Bertz CT molecular complexity index is 358. The largest absolute Gasteiger partial charge is 0.490 e. The molecule has 0 spiro atoms. The van der Waals surface area contributed by atoms with Gasteiger partial charge in [0.05, 0.1) is 11.6 Å². The number of nitrogens with two attached hydrogens (primary N) is 1. The Balaban J connectivity index is 2.51. The molecule has 1 unspecified atom stereocenters. The Morgan fingerprint density at radius 1 is 1.28 bits per heavy atom. The molecule has 0 aliphatic carbocycles. The summed E-state index contributed by atoms with van der Waals surface area (Å²) in [4.78, 5) is 0. The Morgan fingerprint density at radius 3 is 2.67 bits per heavy atom. The van der Waals surface area contributed by atoms with Crippen molar-refractivity contribution in [2.45, 2.75) is 32.7 Å². The van der Waals surface area contributed by atoms with Crippen molar-refractivity contribution in [3.05, 3.63) is 28.8 Å². The highest BCUT2D eigenvalue weighted by molar-refractivity contribution is 6.32. The first-order valence-corrected chi connectivity index (χ1v) is 6.79. The summed E-state index contributed by atoms with van der Waals surface area (Å²) in [5, 5.41) is 0.632. The molecule has 0 bridgehead atoms. The molecule has 0 fully saturated rings. The van der Waals surface area contributed by atoms with E-state index in [1.165, 1.54) is 0 Å². The van der Waals surface area contributed by atoms with Gasteiger partial charge in [-0.25, -0.2) is 0 Å².